The maximum Gasteiger partial charge on any atom is 0.0236 e. The zero-order valence-electron chi connectivity index (χ0n) is 18.1. The van der Waals surface area contributed by atoms with Crippen LogP contribution in [0.4, 0.5) is 0 Å². The Morgan fingerprint density at radius 3 is 2.59 bits per heavy atom. The molecule has 0 radical (unpaired) electrons. The minimum atomic E-state index is 0.683. The van der Waals surface area contributed by atoms with Gasteiger partial charge in [-0.2, -0.15) is 0 Å². The number of likely N-dealkylation sites (tertiary alicyclic amines) is 1. The van der Waals surface area contributed by atoms with E-state index in [9.17, 15) is 0 Å². The van der Waals surface area contributed by atoms with Gasteiger partial charge in [0.05, 0.1) is 0 Å². The van der Waals surface area contributed by atoms with Crippen LogP contribution in [0.5, 0.6) is 0 Å². The van der Waals surface area contributed by atoms with E-state index in [-0.39, 0.29) is 0 Å². The van der Waals surface area contributed by atoms with Gasteiger partial charge in [0.25, 0.3) is 0 Å². The number of nitrogens with one attached hydrogen (secondary N) is 1. The van der Waals surface area contributed by atoms with Gasteiger partial charge < -0.3 is 5.32 Å². The van der Waals surface area contributed by atoms with E-state index in [0.29, 0.717) is 6.04 Å². The molecule has 1 fully saturated rings. The van der Waals surface area contributed by atoms with Crippen molar-refractivity contribution in [2.24, 2.45) is 0 Å². The first-order valence-corrected chi connectivity index (χ1v) is 11.8. The van der Waals surface area contributed by atoms with Crippen LogP contribution in [0.2, 0.25) is 0 Å². The van der Waals surface area contributed by atoms with Crippen molar-refractivity contribution in [1.29, 1.82) is 0 Å². The molecule has 1 heterocycles. The summed E-state index contributed by atoms with van der Waals surface area (Å²) in [7, 11) is 0. The molecular weight excluding hydrogens is 328 g/mol. The fourth-order valence-corrected chi connectivity index (χ4v) is 4.43. The van der Waals surface area contributed by atoms with E-state index < -0.39 is 0 Å². The summed E-state index contributed by atoms with van der Waals surface area (Å²) in [5, 5.41) is 3.77. The lowest BCUT2D eigenvalue weighted by Crippen LogP contribution is -2.39. The Morgan fingerprint density at radius 1 is 1.00 bits per heavy atom. The molecule has 0 aromatic heterocycles. The van der Waals surface area contributed by atoms with Crippen LogP contribution in [0.15, 0.2) is 30.3 Å². The molecule has 0 saturated carbocycles. The minimum absolute atomic E-state index is 0.683. The third-order valence-corrected chi connectivity index (χ3v) is 6.18. The van der Waals surface area contributed by atoms with Gasteiger partial charge in [-0.3, -0.25) is 4.90 Å². The monoisotopic (exact) mass is 372 g/mol. The summed E-state index contributed by atoms with van der Waals surface area (Å²) < 4.78 is 0. The first-order valence-electron chi connectivity index (χ1n) is 11.8. The first kappa shape index (κ1) is 22.4. The van der Waals surface area contributed by atoms with Crippen LogP contribution < -0.4 is 5.32 Å². The number of rotatable bonds is 14. The molecule has 1 aromatic rings. The van der Waals surface area contributed by atoms with E-state index >= 15 is 0 Å². The quantitative estimate of drug-likeness (QED) is 0.372. The maximum absolute atomic E-state index is 3.77. The van der Waals surface area contributed by atoms with Gasteiger partial charge in [-0.25, -0.2) is 0 Å². The average Bonchev–Trinajstić information content (AvgIpc) is 2.70. The minimum Gasteiger partial charge on any atom is -0.314 e. The summed E-state index contributed by atoms with van der Waals surface area (Å²) in [5.41, 5.74) is 1.47. The molecule has 0 amide bonds. The van der Waals surface area contributed by atoms with Crippen LogP contribution in [0.1, 0.15) is 96.5 Å². The number of unbranched alkanes of at least 4 members (excludes halogenated alkanes) is 5. The van der Waals surface area contributed by atoms with Gasteiger partial charge in [0.1, 0.15) is 0 Å². The lowest BCUT2D eigenvalue weighted by Gasteiger charge is -2.36. The number of hydrogen-bond donors (Lipinski definition) is 1. The van der Waals surface area contributed by atoms with Crippen LogP contribution in [-0.2, 0) is 6.54 Å². The molecule has 0 spiro atoms. The molecular formula is C25H44N2. The predicted octanol–water partition coefficient (Wildman–Crippen LogP) is 6.55. The SMILES string of the molecule is CCCCCCCCC(C)NCCCC1CCCCN1Cc1ccccc1. The zero-order valence-corrected chi connectivity index (χ0v) is 18.1. The van der Waals surface area contributed by atoms with Crippen molar-refractivity contribution in [3.63, 3.8) is 0 Å². The molecule has 154 valence electrons. The zero-order chi connectivity index (χ0) is 19.2. The van der Waals surface area contributed by atoms with E-state index in [2.05, 4.69) is 54.4 Å². The highest BCUT2D eigenvalue weighted by atomic mass is 15.2. The van der Waals surface area contributed by atoms with E-state index in [4.69, 9.17) is 0 Å². The maximum atomic E-state index is 3.77. The summed E-state index contributed by atoms with van der Waals surface area (Å²) in [5.74, 6) is 0. The van der Waals surface area contributed by atoms with Crippen LogP contribution in [-0.4, -0.2) is 30.1 Å². The van der Waals surface area contributed by atoms with Gasteiger partial charge in [0.2, 0.25) is 0 Å². The fraction of sp³-hybridized carbons (Fsp3) is 0.760. The van der Waals surface area contributed by atoms with Crippen LogP contribution in [0, 0.1) is 0 Å². The molecule has 2 atom stereocenters. The highest BCUT2D eigenvalue weighted by Crippen LogP contribution is 2.23. The standard InChI is InChI=1S/C25H44N2/c1-3-4-5-6-7-9-15-23(2)26-20-14-19-25-18-12-13-21-27(25)22-24-16-10-8-11-17-24/h8,10-11,16-17,23,25-26H,3-7,9,12-15,18-22H2,1-2H3. The van der Waals surface area contributed by atoms with Crippen molar-refractivity contribution in [3.05, 3.63) is 35.9 Å². The Morgan fingerprint density at radius 2 is 1.78 bits per heavy atom. The van der Waals surface area contributed by atoms with Gasteiger partial charge >= 0.3 is 0 Å². The Bertz CT molecular complexity index is 459. The Kier molecular flexibility index (Phi) is 11.8. The second-order valence-corrected chi connectivity index (χ2v) is 8.66. The first-order chi connectivity index (χ1) is 13.3. The second kappa shape index (κ2) is 14.2. The molecule has 2 unspecified atom stereocenters. The topological polar surface area (TPSA) is 15.3 Å². The molecule has 2 heteroatoms. The summed E-state index contributed by atoms with van der Waals surface area (Å²) in [6.07, 6.45) is 16.6. The molecule has 1 aromatic carbocycles. The van der Waals surface area contributed by atoms with E-state index in [1.807, 2.05) is 0 Å². The second-order valence-electron chi connectivity index (χ2n) is 8.66. The summed E-state index contributed by atoms with van der Waals surface area (Å²) in [6.45, 7) is 8.26. The molecule has 27 heavy (non-hydrogen) atoms. The molecule has 1 aliphatic rings. The fourth-order valence-electron chi connectivity index (χ4n) is 4.43. The average molecular weight is 373 g/mol. The number of benzene rings is 1. The van der Waals surface area contributed by atoms with E-state index in [1.54, 1.807) is 0 Å². The van der Waals surface area contributed by atoms with Gasteiger partial charge in [0.15, 0.2) is 0 Å². The summed E-state index contributed by atoms with van der Waals surface area (Å²) in [6, 6.07) is 12.5. The molecule has 1 saturated heterocycles. The molecule has 1 N–H and O–H groups in total. The van der Waals surface area contributed by atoms with Crippen molar-refractivity contribution in [2.75, 3.05) is 13.1 Å². The third-order valence-electron chi connectivity index (χ3n) is 6.18. The van der Waals surface area contributed by atoms with Gasteiger partial charge in [-0.05, 0) is 57.7 Å². The van der Waals surface area contributed by atoms with Crippen molar-refractivity contribution in [3.8, 4) is 0 Å². The molecule has 0 bridgehead atoms. The van der Waals surface area contributed by atoms with Gasteiger partial charge in [0, 0.05) is 18.6 Å². The Balaban J connectivity index is 1.56. The number of hydrogen-bond acceptors (Lipinski definition) is 2. The van der Waals surface area contributed by atoms with Crippen molar-refractivity contribution >= 4 is 0 Å². The predicted molar refractivity (Wildman–Crippen MR) is 119 cm³/mol. The number of piperidine rings is 1. The van der Waals surface area contributed by atoms with Crippen LogP contribution >= 0.6 is 0 Å². The van der Waals surface area contributed by atoms with E-state index in [1.165, 1.54) is 95.7 Å². The lowest BCUT2D eigenvalue weighted by atomic mass is 9.97. The normalized spacial score (nSPS) is 19.3. The molecule has 1 aliphatic heterocycles. The van der Waals surface area contributed by atoms with E-state index in [0.717, 1.165) is 12.6 Å². The number of nitrogens with zero attached hydrogens (tertiary/aromatic N) is 1. The summed E-state index contributed by atoms with van der Waals surface area (Å²) in [4.78, 5) is 2.73. The van der Waals surface area contributed by atoms with Gasteiger partial charge in [-0.1, -0.05) is 82.2 Å². The molecule has 2 rings (SSSR count). The van der Waals surface area contributed by atoms with Gasteiger partial charge in [-0.15, -0.1) is 0 Å². The lowest BCUT2D eigenvalue weighted by molar-refractivity contribution is 0.130. The highest BCUT2D eigenvalue weighted by molar-refractivity contribution is 5.14. The summed E-state index contributed by atoms with van der Waals surface area (Å²) >= 11 is 0. The van der Waals surface area contributed by atoms with Crippen molar-refractivity contribution in [2.45, 2.75) is 110 Å². The van der Waals surface area contributed by atoms with Crippen LogP contribution in [0.3, 0.4) is 0 Å². The van der Waals surface area contributed by atoms with Crippen molar-refractivity contribution < 1.29 is 0 Å². The van der Waals surface area contributed by atoms with Crippen LogP contribution in [0.25, 0.3) is 0 Å². The van der Waals surface area contributed by atoms with Crippen molar-refractivity contribution in [1.82, 2.24) is 10.2 Å². The molecule has 2 nitrogen and oxygen atoms in total. The Labute approximate surface area is 169 Å². The molecule has 0 aliphatic carbocycles. The smallest absolute Gasteiger partial charge is 0.0236 e. The Hall–Kier alpha value is -0.860. The highest BCUT2D eigenvalue weighted by Gasteiger charge is 2.21. The largest absolute Gasteiger partial charge is 0.314 e. The third kappa shape index (κ3) is 9.76.